The Balaban J connectivity index is 1.74. The van der Waals surface area contributed by atoms with Crippen LogP contribution in [0.25, 0.3) is 0 Å². The highest BCUT2D eigenvalue weighted by molar-refractivity contribution is 7.89. The lowest BCUT2D eigenvalue weighted by Crippen LogP contribution is -2.56. The van der Waals surface area contributed by atoms with E-state index in [1.54, 1.807) is 12.1 Å². The van der Waals surface area contributed by atoms with Gasteiger partial charge in [0, 0.05) is 13.2 Å². The van der Waals surface area contributed by atoms with Crippen LogP contribution in [0.15, 0.2) is 52.0 Å². The number of nitrogens with one attached hydrogen (secondary N) is 2. The lowest BCUT2D eigenvalue weighted by atomic mass is 10.00. The molecule has 0 saturated carbocycles. The van der Waals surface area contributed by atoms with Crippen molar-refractivity contribution in [3.8, 4) is 0 Å². The van der Waals surface area contributed by atoms with Crippen molar-refractivity contribution < 1.29 is 31.6 Å². The molecule has 1 aliphatic heterocycles. The molecule has 1 aromatic carbocycles. The highest BCUT2D eigenvalue weighted by Crippen LogP contribution is 2.19. The second-order valence-electron chi connectivity index (χ2n) is 8.45. The van der Waals surface area contributed by atoms with Crippen LogP contribution < -0.4 is 10.0 Å². The van der Waals surface area contributed by atoms with E-state index in [4.69, 9.17) is 9.15 Å². The first kappa shape index (κ1) is 25.9. The van der Waals surface area contributed by atoms with E-state index in [0.29, 0.717) is 12.4 Å². The Kier molecular flexibility index (Phi) is 8.81. The minimum Gasteiger partial charge on any atom is -0.467 e. The number of carbonyl (C=O) groups excluding carboxylic acids is 2. The van der Waals surface area contributed by atoms with Gasteiger partial charge in [-0.2, -0.15) is 0 Å². The van der Waals surface area contributed by atoms with E-state index in [0.717, 1.165) is 37.1 Å². The maximum absolute atomic E-state index is 13.2. The molecule has 9 nitrogen and oxygen atoms in total. The number of nitrogens with zero attached hydrogens (tertiary/aromatic N) is 1. The average molecular weight is 496 g/mol. The maximum atomic E-state index is 13.2. The Morgan fingerprint density at radius 3 is 2.53 bits per heavy atom. The number of rotatable bonds is 11. The zero-order valence-corrected chi connectivity index (χ0v) is 20.0. The summed E-state index contributed by atoms with van der Waals surface area (Å²) in [4.78, 5) is 27.5. The normalized spacial score (nSPS) is 17.0. The molecule has 2 atom stereocenters. The summed E-state index contributed by atoms with van der Waals surface area (Å²) in [5.74, 6) is -1.19. The molecule has 0 aliphatic carbocycles. The van der Waals surface area contributed by atoms with E-state index in [9.17, 15) is 22.4 Å². The molecule has 0 bridgehead atoms. The summed E-state index contributed by atoms with van der Waals surface area (Å²) in [5, 5.41) is 2.79. The third-order valence-corrected chi connectivity index (χ3v) is 6.95. The number of hydrogen-bond acceptors (Lipinski definition) is 6. The zero-order chi connectivity index (χ0) is 24.7. The van der Waals surface area contributed by atoms with E-state index in [1.165, 1.54) is 11.2 Å². The summed E-state index contributed by atoms with van der Waals surface area (Å²) in [6.45, 7) is 3.97. The molecule has 2 amide bonds. The fourth-order valence-electron chi connectivity index (χ4n) is 3.83. The van der Waals surface area contributed by atoms with Crippen LogP contribution in [0.5, 0.6) is 0 Å². The molecule has 34 heavy (non-hydrogen) atoms. The molecule has 2 aromatic rings. The molecule has 2 heterocycles. The Hall–Kier alpha value is -2.76. The molecule has 0 spiro atoms. The second-order valence-corrected chi connectivity index (χ2v) is 10.2. The molecule has 1 saturated heterocycles. The smallest absolute Gasteiger partial charge is 0.243 e. The maximum Gasteiger partial charge on any atom is 0.243 e. The summed E-state index contributed by atoms with van der Waals surface area (Å²) in [6.07, 6.45) is 2.85. The molecule has 11 heteroatoms. The summed E-state index contributed by atoms with van der Waals surface area (Å²) in [5.41, 5.74) is 0. The molecule has 0 unspecified atom stereocenters. The van der Waals surface area contributed by atoms with Crippen LogP contribution in [-0.4, -0.2) is 57.0 Å². The third kappa shape index (κ3) is 6.87. The van der Waals surface area contributed by atoms with Crippen LogP contribution in [0.3, 0.4) is 0 Å². The molecule has 2 N–H and O–H groups in total. The molecule has 1 aromatic heterocycles. The van der Waals surface area contributed by atoms with Crippen LogP contribution in [0.4, 0.5) is 4.39 Å². The van der Waals surface area contributed by atoms with Gasteiger partial charge in [-0.1, -0.05) is 13.8 Å². The second kappa shape index (κ2) is 11.6. The number of halogens is 1. The van der Waals surface area contributed by atoms with Gasteiger partial charge in [0.05, 0.1) is 30.4 Å². The average Bonchev–Trinajstić information content (AvgIpc) is 3.50. The number of amides is 2. The fraction of sp³-hybridized carbons (Fsp3) is 0.478. The van der Waals surface area contributed by atoms with Crippen molar-refractivity contribution in [1.29, 1.82) is 0 Å². The van der Waals surface area contributed by atoms with Crippen molar-refractivity contribution in [3.05, 3.63) is 54.2 Å². The van der Waals surface area contributed by atoms with E-state index >= 15 is 0 Å². The van der Waals surface area contributed by atoms with Crippen LogP contribution in [-0.2, 0) is 30.9 Å². The molecule has 186 valence electrons. The number of carbonyl (C=O) groups is 2. The monoisotopic (exact) mass is 495 g/mol. The molecule has 3 rings (SSSR count). The van der Waals surface area contributed by atoms with Gasteiger partial charge in [-0.25, -0.2) is 17.5 Å². The minimum atomic E-state index is -4.05. The van der Waals surface area contributed by atoms with Gasteiger partial charge in [0.1, 0.15) is 17.6 Å². The molecular formula is C23H30FN3O6S. The van der Waals surface area contributed by atoms with Gasteiger partial charge < -0.3 is 19.4 Å². The Morgan fingerprint density at radius 1 is 1.21 bits per heavy atom. The molecule has 1 aliphatic rings. The SMILES string of the molecule is CC(C)[C@@H](C(=O)NCc1ccco1)N(C[C@H]1CCCO1)C(=O)CNS(=O)(=O)c1ccc(F)cc1. The number of benzene rings is 1. The van der Waals surface area contributed by atoms with E-state index in [-0.39, 0.29) is 35.9 Å². The van der Waals surface area contributed by atoms with Crippen molar-refractivity contribution in [3.63, 3.8) is 0 Å². The van der Waals surface area contributed by atoms with E-state index in [1.807, 2.05) is 13.8 Å². The van der Waals surface area contributed by atoms with E-state index in [2.05, 4.69) is 10.0 Å². The predicted octanol–water partition coefficient (Wildman–Crippen LogP) is 2.05. The standard InChI is InChI=1S/C23H30FN3O6S/c1-16(2)22(23(29)25-13-18-5-3-11-32-18)27(15-19-6-4-12-33-19)21(28)14-26-34(30,31)20-9-7-17(24)8-10-20/h3,5,7-11,16,19,22,26H,4,6,12-15H2,1-2H3,(H,25,29)/t19-,22+/m1/s1. The topological polar surface area (TPSA) is 118 Å². The number of furan rings is 1. The lowest BCUT2D eigenvalue weighted by Gasteiger charge is -2.35. The molecular weight excluding hydrogens is 465 g/mol. The Morgan fingerprint density at radius 2 is 1.94 bits per heavy atom. The molecule has 1 fully saturated rings. The van der Waals surface area contributed by atoms with Crippen LogP contribution in [0.2, 0.25) is 0 Å². The highest BCUT2D eigenvalue weighted by atomic mass is 32.2. The first-order chi connectivity index (χ1) is 16.2. The third-order valence-electron chi connectivity index (χ3n) is 5.53. The summed E-state index contributed by atoms with van der Waals surface area (Å²) < 4.78 is 51.5. The number of hydrogen-bond donors (Lipinski definition) is 2. The lowest BCUT2D eigenvalue weighted by molar-refractivity contribution is -0.143. The highest BCUT2D eigenvalue weighted by Gasteiger charge is 2.35. The van der Waals surface area contributed by atoms with Crippen LogP contribution >= 0.6 is 0 Å². The summed E-state index contributed by atoms with van der Waals surface area (Å²) in [6, 6.07) is 6.88. The predicted molar refractivity (Wildman–Crippen MR) is 121 cm³/mol. The summed E-state index contributed by atoms with van der Waals surface area (Å²) in [7, 11) is -4.05. The van der Waals surface area contributed by atoms with E-state index < -0.39 is 34.3 Å². The number of ether oxygens (including phenoxy) is 1. The quantitative estimate of drug-likeness (QED) is 0.493. The number of sulfonamides is 1. The van der Waals surface area contributed by atoms with Gasteiger partial charge in [-0.3, -0.25) is 9.59 Å². The Bertz CT molecular complexity index is 1050. The van der Waals surface area contributed by atoms with Crippen molar-refractivity contribution in [2.75, 3.05) is 19.7 Å². The first-order valence-corrected chi connectivity index (χ1v) is 12.6. The molecule has 0 radical (unpaired) electrons. The van der Waals surface area contributed by atoms with Crippen molar-refractivity contribution in [2.45, 2.75) is 50.3 Å². The minimum absolute atomic E-state index is 0.161. The van der Waals surface area contributed by atoms with Crippen molar-refractivity contribution >= 4 is 21.8 Å². The van der Waals surface area contributed by atoms with Gasteiger partial charge >= 0.3 is 0 Å². The van der Waals surface area contributed by atoms with Crippen molar-refractivity contribution in [1.82, 2.24) is 14.9 Å². The summed E-state index contributed by atoms with van der Waals surface area (Å²) >= 11 is 0. The zero-order valence-electron chi connectivity index (χ0n) is 19.2. The van der Waals surface area contributed by atoms with Crippen LogP contribution in [0, 0.1) is 11.7 Å². The first-order valence-electron chi connectivity index (χ1n) is 11.1. The van der Waals surface area contributed by atoms with Gasteiger partial charge in [-0.05, 0) is 55.2 Å². The largest absolute Gasteiger partial charge is 0.467 e. The Labute approximate surface area is 198 Å². The van der Waals surface area contributed by atoms with Gasteiger partial charge in [0.15, 0.2) is 0 Å². The fourth-order valence-corrected chi connectivity index (χ4v) is 4.80. The van der Waals surface area contributed by atoms with Gasteiger partial charge in [0.2, 0.25) is 21.8 Å². The van der Waals surface area contributed by atoms with Gasteiger partial charge in [-0.15, -0.1) is 0 Å². The van der Waals surface area contributed by atoms with Gasteiger partial charge in [0.25, 0.3) is 0 Å². The van der Waals surface area contributed by atoms with Crippen LogP contribution in [0.1, 0.15) is 32.4 Å². The van der Waals surface area contributed by atoms with Crippen molar-refractivity contribution in [2.24, 2.45) is 5.92 Å².